The molecule has 0 bridgehead atoms. The standard InChI is InChI=1S/C22H31N5O/c1-5-14-28-20-11-9-8-10-19(20)17-26-22(23-4)25-16-18-12-13-21(24-15-18)27(6-2)7-3/h5,8-13,15H,1,6-7,14,16-17H2,2-4H3,(H2,23,25,26). The van der Waals surface area contributed by atoms with Crippen LogP contribution in [0.4, 0.5) is 5.82 Å². The summed E-state index contributed by atoms with van der Waals surface area (Å²) in [4.78, 5) is 11.1. The predicted molar refractivity (Wildman–Crippen MR) is 117 cm³/mol. The minimum Gasteiger partial charge on any atom is -0.489 e. The van der Waals surface area contributed by atoms with Gasteiger partial charge in [0.2, 0.25) is 0 Å². The van der Waals surface area contributed by atoms with Crippen molar-refractivity contribution in [2.45, 2.75) is 26.9 Å². The largest absolute Gasteiger partial charge is 0.489 e. The van der Waals surface area contributed by atoms with Gasteiger partial charge in [0.15, 0.2) is 5.96 Å². The normalized spacial score (nSPS) is 11.0. The Bertz CT molecular complexity index is 754. The fraction of sp³-hybridized carbons (Fsp3) is 0.364. The van der Waals surface area contributed by atoms with Crippen LogP contribution in [0.25, 0.3) is 0 Å². The van der Waals surface area contributed by atoms with Crippen LogP contribution in [0.15, 0.2) is 60.2 Å². The summed E-state index contributed by atoms with van der Waals surface area (Å²) in [5, 5.41) is 6.65. The van der Waals surface area contributed by atoms with Crippen LogP contribution in [0.5, 0.6) is 5.75 Å². The predicted octanol–water partition coefficient (Wildman–Crippen LogP) is 3.36. The van der Waals surface area contributed by atoms with Crippen molar-refractivity contribution in [3.05, 3.63) is 66.4 Å². The lowest BCUT2D eigenvalue weighted by Gasteiger charge is -2.19. The molecule has 150 valence electrons. The first-order valence-corrected chi connectivity index (χ1v) is 9.67. The Morgan fingerprint density at radius 2 is 1.89 bits per heavy atom. The van der Waals surface area contributed by atoms with E-state index < -0.39 is 0 Å². The molecule has 0 saturated carbocycles. The molecule has 6 nitrogen and oxygen atoms in total. The second-order valence-electron chi connectivity index (χ2n) is 6.18. The minimum atomic E-state index is 0.487. The van der Waals surface area contributed by atoms with E-state index in [2.05, 4.69) is 58.1 Å². The van der Waals surface area contributed by atoms with Gasteiger partial charge < -0.3 is 20.3 Å². The van der Waals surface area contributed by atoms with Crippen molar-refractivity contribution in [3.63, 3.8) is 0 Å². The summed E-state index contributed by atoms with van der Waals surface area (Å²) in [6.45, 7) is 11.6. The van der Waals surface area contributed by atoms with Crippen molar-refractivity contribution >= 4 is 11.8 Å². The van der Waals surface area contributed by atoms with Gasteiger partial charge in [-0.1, -0.05) is 36.9 Å². The first-order chi connectivity index (χ1) is 13.7. The number of guanidine groups is 1. The lowest BCUT2D eigenvalue weighted by atomic mass is 10.2. The number of hydrogen-bond donors (Lipinski definition) is 2. The SMILES string of the molecule is C=CCOc1ccccc1CNC(=NC)NCc1ccc(N(CC)CC)nc1. The molecule has 2 N–H and O–H groups in total. The molecule has 0 radical (unpaired) electrons. The van der Waals surface area contributed by atoms with Crippen LogP contribution < -0.4 is 20.3 Å². The Morgan fingerprint density at radius 1 is 1.14 bits per heavy atom. The molecule has 2 aromatic rings. The Hall–Kier alpha value is -3.02. The van der Waals surface area contributed by atoms with Gasteiger partial charge in [-0.05, 0) is 31.5 Å². The molecule has 0 unspecified atom stereocenters. The van der Waals surface area contributed by atoms with Crippen LogP contribution in [0.2, 0.25) is 0 Å². The van der Waals surface area contributed by atoms with Gasteiger partial charge >= 0.3 is 0 Å². The van der Waals surface area contributed by atoms with Gasteiger partial charge in [0.05, 0.1) is 0 Å². The fourth-order valence-electron chi connectivity index (χ4n) is 2.78. The van der Waals surface area contributed by atoms with E-state index in [1.807, 2.05) is 30.5 Å². The van der Waals surface area contributed by atoms with E-state index in [0.717, 1.165) is 41.7 Å². The van der Waals surface area contributed by atoms with Crippen molar-refractivity contribution in [2.75, 3.05) is 31.6 Å². The summed E-state index contributed by atoms with van der Waals surface area (Å²) in [5.74, 6) is 2.58. The molecule has 0 spiro atoms. The van der Waals surface area contributed by atoms with Gasteiger partial charge in [-0.2, -0.15) is 0 Å². The van der Waals surface area contributed by atoms with E-state index in [9.17, 15) is 0 Å². The number of para-hydroxylation sites is 1. The molecule has 0 aliphatic rings. The Morgan fingerprint density at radius 3 is 2.54 bits per heavy atom. The smallest absolute Gasteiger partial charge is 0.191 e. The number of rotatable bonds is 10. The second kappa shape index (κ2) is 11.6. The topological polar surface area (TPSA) is 61.8 Å². The number of pyridine rings is 1. The Labute approximate surface area is 168 Å². The summed E-state index contributed by atoms with van der Waals surface area (Å²) in [7, 11) is 1.76. The number of hydrogen-bond acceptors (Lipinski definition) is 4. The second-order valence-corrected chi connectivity index (χ2v) is 6.18. The van der Waals surface area contributed by atoms with Crippen LogP contribution in [-0.4, -0.2) is 37.7 Å². The van der Waals surface area contributed by atoms with Crippen LogP contribution in [0.3, 0.4) is 0 Å². The molecular weight excluding hydrogens is 350 g/mol. The van der Waals surface area contributed by atoms with Crippen molar-refractivity contribution in [1.82, 2.24) is 15.6 Å². The van der Waals surface area contributed by atoms with E-state index >= 15 is 0 Å². The summed E-state index contributed by atoms with van der Waals surface area (Å²) >= 11 is 0. The molecular formula is C22H31N5O. The zero-order valence-corrected chi connectivity index (χ0v) is 17.1. The molecule has 1 aromatic heterocycles. The molecule has 1 heterocycles. The van der Waals surface area contributed by atoms with E-state index in [-0.39, 0.29) is 0 Å². The molecule has 1 aromatic carbocycles. The van der Waals surface area contributed by atoms with Gasteiger partial charge in [-0.15, -0.1) is 0 Å². The van der Waals surface area contributed by atoms with Crippen molar-refractivity contribution in [3.8, 4) is 5.75 Å². The minimum absolute atomic E-state index is 0.487. The lowest BCUT2D eigenvalue weighted by molar-refractivity contribution is 0.358. The number of nitrogens with zero attached hydrogens (tertiary/aromatic N) is 3. The third-order valence-electron chi connectivity index (χ3n) is 4.36. The zero-order valence-electron chi connectivity index (χ0n) is 17.1. The van der Waals surface area contributed by atoms with E-state index in [4.69, 9.17) is 4.74 Å². The number of ether oxygens (including phenoxy) is 1. The summed E-state index contributed by atoms with van der Waals surface area (Å²) in [6.07, 6.45) is 3.65. The molecule has 0 aliphatic heterocycles. The number of benzene rings is 1. The van der Waals surface area contributed by atoms with Gasteiger partial charge in [-0.3, -0.25) is 4.99 Å². The third-order valence-corrected chi connectivity index (χ3v) is 4.36. The van der Waals surface area contributed by atoms with Crippen LogP contribution >= 0.6 is 0 Å². The highest BCUT2D eigenvalue weighted by Gasteiger charge is 2.06. The monoisotopic (exact) mass is 381 g/mol. The van der Waals surface area contributed by atoms with Gasteiger partial charge in [0.25, 0.3) is 0 Å². The number of aliphatic imine (C=N–C) groups is 1. The Balaban J connectivity index is 1.89. The van der Waals surface area contributed by atoms with E-state index in [1.54, 1.807) is 13.1 Å². The molecule has 0 atom stereocenters. The van der Waals surface area contributed by atoms with Crippen LogP contribution in [-0.2, 0) is 13.1 Å². The third kappa shape index (κ3) is 6.30. The highest BCUT2D eigenvalue weighted by molar-refractivity contribution is 5.79. The van der Waals surface area contributed by atoms with Crippen molar-refractivity contribution in [1.29, 1.82) is 0 Å². The molecule has 0 amide bonds. The van der Waals surface area contributed by atoms with Crippen molar-refractivity contribution < 1.29 is 4.74 Å². The van der Waals surface area contributed by atoms with Gasteiger partial charge in [0, 0.05) is 45.0 Å². The van der Waals surface area contributed by atoms with Gasteiger partial charge in [-0.25, -0.2) is 4.98 Å². The molecule has 6 heteroatoms. The first kappa shape index (κ1) is 21.3. The average Bonchev–Trinajstić information content (AvgIpc) is 2.75. The number of aromatic nitrogens is 1. The summed E-state index contributed by atoms with van der Waals surface area (Å²) in [6, 6.07) is 12.1. The quantitative estimate of drug-likeness (QED) is 0.375. The maximum Gasteiger partial charge on any atom is 0.191 e. The maximum atomic E-state index is 5.70. The summed E-state index contributed by atoms with van der Waals surface area (Å²) < 4.78 is 5.70. The molecule has 0 saturated heterocycles. The zero-order chi connectivity index (χ0) is 20.2. The van der Waals surface area contributed by atoms with Crippen molar-refractivity contribution in [2.24, 2.45) is 4.99 Å². The fourth-order valence-corrected chi connectivity index (χ4v) is 2.78. The maximum absolute atomic E-state index is 5.70. The molecule has 28 heavy (non-hydrogen) atoms. The highest BCUT2D eigenvalue weighted by Crippen LogP contribution is 2.17. The van der Waals surface area contributed by atoms with Crippen LogP contribution in [0.1, 0.15) is 25.0 Å². The van der Waals surface area contributed by atoms with Crippen LogP contribution in [0, 0.1) is 0 Å². The average molecular weight is 382 g/mol. The summed E-state index contributed by atoms with van der Waals surface area (Å²) in [5.41, 5.74) is 2.17. The molecule has 0 aliphatic carbocycles. The lowest BCUT2D eigenvalue weighted by Crippen LogP contribution is -2.36. The highest BCUT2D eigenvalue weighted by atomic mass is 16.5. The molecule has 2 rings (SSSR count). The first-order valence-electron chi connectivity index (χ1n) is 9.67. The Kier molecular flexibility index (Phi) is 8.85. The number of anilines is 1. The van der Waals surface area contributed by atoms with E-state index in [1.165, 1.54) is 0 Å². The molecule has 0 fully saturated rings. The number of nitrogens with one attached hydrogen (secondary N) is 2. The van der Waals surface area contributed by atoms with E-state index in [0.29, 0.717) is 19.7 Å². The van der Waals surface area contributed by atoms with Gasteiger partial charge in [0.1, 0.15) is 18.2 Å².